The third kappa shape index (κ3) is 3.47. The summed E-state index contributed by atoms with van der Waals surface area (Å²) < 4.78 is 0. The normalized spacial score (nSPS) is 18.9. The summed E-state index contributed by atoms with van der Waals surface area (Å²) in [5.74, 6) is 0.122. The summed E-state index contributed by atoms with van der Waals surface area (Å²) in [7, 11) is 1.86. The topological polar surface area (TPSA) is 32.3 Å². The molecular formula is C14H19ClN2O. The molecule has 1 aliphatic heterocycles. The molecule has 2 rings (SSSR count). The van der Waals surface area contributed by atoms with Crippen molar-refractivity contribution in [2.45, 2.75) is 25.3 Å². The van der Waals surface area contributed by atoms with Crippen LogP contribution in [0.15, 0.2) is 24.3 Å². The molecule has 1 amide bonds. The summed E-state index contributed by atoms with van der Waals surface area (Å²) in [5, 5.41) is 4.06. The number of halogens is 1. The van der Waals surface area contributed by atoms with Crippen LogP contribution in [0.1, 0.15) is 18.4 Å². The SMILES string of the molecule is CN(CC1CCCN1)C(=O)Cc1ccccc1Cl. The largest absolute Gasteiger partial charge is 0.344 e. The molecule has 1 aromatic rings. The van der Waals surface area contributed by atoms with Crippen molar-refractivity contribution >= 4 is 17.5 Å². The summed E-state index contributed by atoms with van der Waals surface area (Å²) in [4.78, 5) is 13.9. The lowest BCUT2D eigenvalue weighted by molar-refractivity contribution is -0.129. The fourth-order valence-electron chi connectivity index (χ4n) is 2.28. The van der Waals surface area contributed by atoms with Gasteiger partial charge in [0.05, 0.1) is 6.42 Å². The zero-order chi connectivity index (χ0) is 13.0. The van der Waals surface area contributed by atoms with Crippen LogP contribution >= 0.6 is 11.6 Å². The lowest BCUT2D eigenvalue weighted by Crippen LogP contribution is -2.39. The zero-order valence-corrected chi connectivity index (χ0v) is 11.4. The maximum absolute atomic E-state index is 12.1. The van der Waals surface area contributed by atoms with Crippen molar-refractivity contribution in [3.63, 3.8) is 0 Å². The number of nitrogens with one attached hydrogen (secondary N) is 1. The number of benzene rings is 1. The monoisotopic (exact) mass is 266 g/mol. The molecule has 1 N–H and O–H groups in total. The Bertz CT molecular complexity index is 416. The van der Waals surface area contributed by atoms with Gasteiger partial charge in [0.25, 0.3) is 0 Å². The predicted molar refractivity (Wildman–Crippen MR) is 73.8 cm³/mol. The van der Waals surface area contributed by atoms with Crippen molar-refractivity contribution in [2.24, 2.45) is 0 Å². The number of hydrogen-bond donors (Lipinski definition) is 1. The van der Waals surface area contributed by atoms with Gasteiger partial charge in [0.2, 0.25) is 5.91 Å². The Labute approximate surface area is 113 Å². The van der Waals surface area contributed by atoms with Gasteiger partial charge < -0.3 is 10.2 Å². The molecule has 1 atom stereocenters. The summed E-state index contributed by atoms with van der Waals surface area (Å²) in [5.41, 5.74) is 0.899. The molecule has 0 saturated carbocycles. The number of likely N-dealkylation sites (N-methyl/N-ethyl adjacent to an activating group) is 1. The Balaban J connectivity index is 1.89. The van der Waals surface area contributed by atoms with Crippen LogP contribution in [0.5, 0.6) is 0 Å². The van der Waals surface area contributed by atoms with Gasteiger partial charge in [-0.15, -0.1) is 0 Å². The van der Waals surface area contributed by atoms with Crippen molar-refractivity contribution < 1.29 is 4.79 Å². The van der Waals surface area contributed by atoms with Crippen LogP contribution in [0.25, 0.3) is 0 Å². The van der Waals surface area contributed by atoms with Crippen LogP contribution in [0.3, 0.4) is 0 Å². The molecule has 0 radical (unpaired) electrons. The fourth-order valence-corrected chi connectivity index (χ4v) is 2.49. The lowest BCUT2D eigenvalue weighted by atomic mass is 10.1. The van der Waals surface area contributed by atoms with E-state index in [9.17, 15) is 4.79 Å². The second-order valence-corrected chi connectivity index (χ2v) is 5.24. The highest BCUT2D eigenvalue weighted by Gasteiger charge is 2.19. The lowest BCUT2D eigenvalue weighted by Gasteiger charge is -2.21. The number of carbonyl (C=O) groups excluding carboxylic acids is 1. The average molecular weight is 267 g/mol. The summed E-state index contributed by atoms with van der Waals surface area (Å²) >= 11 is 6.06. The first kappa shape index (κ1) is 13.4. The second kappa shape index (κ2) is 6.21. The minimum atomic E-state index is 0.122. The van der Waals surface area contributed by atoms with Gasteiger partial charge >= 0.3 is 0 Å². The van der Waals surface area contributed by atoms with Crippen LogP contribution in [0.2, 0.25) is 5.02 Å². The molecule has 0 aliphatic carbocycles. The average Bonchev–Trinajstić information content (AvgIpc) is 2.84. The van der Waals surface area contributed by atoms with E-state index in [0.29, 0.717) is 17.5 Å². The summed E-state index contributed by atoms with van der Waals surface area (Å²) in [6.07, 6.45) is 2.74. The number of rotatable bonds is 4. The van der Waals surface area contributed by atoms with Crippen LogP contribution in [-0.4, -0.2) is 37.0 Å². The highest BCUT2D eigenvalue weighted by molar-refractivity contribution is 6.31. The molecule has 1 fully saturated rings. The van der Waals surface area contributed by atoms with E-state index in [2.05, 4.69) is 5.32 Å². The molecule has 1 heterocycles. The summed E-state index contributed by atoms with van der Waals surface area (Å²) in [6, 6.07) is 7.96. The van der Waals surface area contributed by atoms with Gasteiger partial charge in [-0.25, -0.2) is 0 Å². The van der Waals surface area contributed by atoms with Crippen LogP contribution in [0, 0.1) is 0 Å². The van der Waals surface area contributed by atoms with E-state index in [-0.39, 0.29) is 5.91 Å². The molecular weight excluding hydrogens is 248 g/mol. The Morgan fingerprint density at radius 2 is 2.28 bits per heavy atom. The predicted octanol–water partition coefficient (Wildman–Crippen LogP) is 2.09. The Hall–Kier alpha value is -1.06. The molecule has 18 heavy (non-hydrogen) atoms. The molecule has 0 aromatic heterocycles. The highest BCUT2D eigenvalue weighted by atomic mass is 35.5. The van der Waals surface area contributed by atoms with Gasteiger partial charge in [-0.1, -0.05) is 29.8 Å². The van der Waals surface area contributed by atoms with E-state index in [1.165, 1.54) is 6.42 Å². The van der Waals surface area contributed by atoms with Crippen molar-refractivity contribution in [1.82, 2.24) is 10.2 Å². The van der Waals surface area contributed by atoms with Crippen molar-refractivity contribution in [1.29, 1.82) is 0 Å². The number of hydrogen-bond acceptors (Lipinski definition) is 2. The fraction of sp³-hybridized carbons (Fsp3) is 0.500. The van der Waals surface area contributed by atoms with E-state index in [0.717, 1.165) is 25.1 Å². The van der Waals surface area contributed by atoms with E-state index in [1.54, 1.807) is 4.90 Å². The molecule has 0 bridgehead atoms. The molecule has 1 aliphatic rings. The molecule has 4 heteroatoms. The number of carbonyl (C=O) groups is 1. The van der Waals surface area contributed by atoms with Gasteiger partial charge in [-0.3, -0.25) is 4.79 Å². The minimum absolute atomic E-state index is 0.122. The van der Waals surface area contributed by atoms with Gasteiger partial charge in [0.1, 0.15) is 0 Å². The summed E-state index contributed by atoms with van der Waals surface area (Å²) in [6.45, 7) is 1.85. The standard InChI is InChI=1S/C14H19ClN2O/c1-17(10-12-6-4-8-16-12)14(18)9-11-5-2-3-7-13(11)15/h2-3,5,7,12,16H,4,6,8-10H2,1H3. The minimum Gasteiger partial charge on any atom is -0.344 e. The third-order valence-electron chi connectivity index (χ3n) is 3.38. The highest BCUT2D eigenvalue weighted by Crippen LogP contribution is 2.16. The molecule has 1 saturated heterocycles. The number of nitrogens with zero attached hydrogens (tertiary/aromatic N) is 1. The molecule has 1 aromatic carbocycles. The van der Waals surface area contributed by atoms with Gasteiger partial charge in [0.15, 0.2) is 0 Å². The van der Waals surface area contributed by atoms with Crippen LogP contribution < -0.4 is 5.32 Å². The molecule has 98 valence electrons. The maximum Gasteiger partial charge on any atom is 0.226 e. The Kier molecular flexibility index (Phi) is 4.61. The Morgan fingerprint density at radius 3 is 2.94 bits per heavy atom. The Morgan fingerprint density at radius 1 is 1.50 bits per heavy atom. The van der Waals surface area contributed by atoms with Crippen molar-refractivity contribution in [2.75, 3.05) is 20.1 Å². The zero-order valence-electron chi connectivity index (χ0n) is 10.7. The maximum atomic E-state index is 12.1. The van der Waals surface area contributed by atoms with E-state index >= 15 is 0 Å². The third-order valence-corrected chi connectivity index (χ3v) is 3.75. The first-order chi connectivity index (χ1) is 8.66. The first-order valence-corrected chi connectivity index (χ1v) is 6.75. The van der Waals surface area contributed by atoms with Crippen molar-refractivity contribution in [3.8, 4) is 0 Å². The van der Waals surface area contributed by atoms with E-state index in [4.69, 9.17) is 11.6 Å². The van der Waals surface area contributed by atoms with Gasteiger partial charge in [-0.2, -0.15) is 0 Å². The smallest absolute Gasteiger partial charge is 0.226 e. The van der Waals surface area contributed by atoms with E-state index < -0.39 is 0 Å². The van der Waals surface area contributed by atoms with Crippen LogP contribution in [0.4, 0.5) is 0 Å². The van der Waals surface area contributed by atoms with Crippen molar-refractivity contribution in [3.05, 3.63) is 34.9 Å². The first-order valence-electron chi connectivity index (χ1n) is 6.37. The number of amides is 1. The molecule has 1 unspecified atom stereocenters. The van der Waals surface area contributed by atoms with Gasteiger partial charge in [0, 0.05) is 24.7 Å². The molecule has 0 spiro atoms. The second-order valence-electron chi connectivity index (χ2n) is 4.84. The van der Waals surface area contributed by atoms with E-state index in [1.807, 2.05) is 31.3 Å². The quantitative estimate of drug-likeness (QED) is 0.905. The molecule has 3 nitrogen and oxygen atoms in total. The van der Waals surface area contributed by atoms with Gasteiger partial charge in [-0.05, 0) is 31.0 Å². The van der Waals surface area contributed by atoms with Crippen LogP contribution in [-0.2, 0) is 11.2 Å².